The molecular formula is C10H12F3NNaOS2+. The average molecular weight is 306 g/mol. The molecule has 0 aliphatic rings. The maximum atomic E-state index is 12.4. The summed E-state index contributed by atoms with van der Waals surface area (Å²) in [6.07, 6.45) is -0.509. The topological polar surface area (TPSA) is 42.0 Å². The van der Waals surface area contributed by atoms with Crippen molar-refractivity contribution in [3.63, 3.8) is 0 Å². The predicted molar refractivity (Wildman–Crippen MR) is 68.8 cm³/mol. The molecule has 0 fully saturated rings. The molecule has 0 aliphatic heterocycles. The van der Waals surface area contributed by atoms with Crippen molar-refractivity contribution in [3.8, 4) is 0 Å². The molecule has 0 amide bonds. The first kappa shape index (κ1) is 20.5. The molecule has 8 heteroatoms. The van der Waals surface area contributed by atoms with Crippen LogP contribution in [0.25, 0.3) is 0 Å². The number of thiocarbonyl (C=S) groups is 1. The summed E-state index contributed by atoms with van der Waals surface area (Å²) in [5.74, 6) is 0. The number of rotatable bonds is 1. The fraction of sp³-hybridized carbons (Fsp3) is 0.300. The van der Waals surface area contributed by atoms with E-state index in [1.54, 1.807) is 6.07 Å². The molecular weight excluding hydrogens is 294 g/mol. The van der Waals surface area contributed by atoms with E-state index in [2.05, 4.69) is 5.32 Å². The zero-order valence-corrected chi connectivity index (χ0v) is 13.8. The van der Waals surface area contributed by atoms with Gasteiger partial charge in [0.1, 0.15) is 12.5 Å². The number of anilines is 1. The van der Waals surface area contributed by atoms with Crippen molar-refractivity contribution in [3.05, 3.63) is 29.8 Å². The number of hydrogen-bond acceptors (Lipinski definition) is 2. The van der Waals surface area contributed by atoms with Crippen LogP contribution in [0.5, 0.6) is 0 Å². The Morgan fingerprint density at radius 1 is 1.28 bits per heavy atom. The Bertz CT molecular complexity index is 399. The fourth-order valence-corrected chi connectivity index (χ4v) is 1.43. The molecule has 0 atom stereocenters. The summed E-state index contributed by atoms with van der Waals surface area (Å²) in [5.41, 5.74) is -0.298. The Balaban J connectivity index is 0. The maximum Gasteiger partial charge on any atom is 1.00 e. The van der Waals surface area contributed by atoms with E-state index in [9.17, 15) is 13.2 Å². The Morgan fingerprint density at radius 2 is 1.83 bits per heavy atom. The molecule has 0 heterocycles. The van der Waals surface area contributed by atoms with Gasteiger partial charge in [0.05, 0.1) is 5.56 Å². The fourth-order valence-electron chi connectivity index (χ4n) is 0.993. The minimum atomic E-state index is -4.32. The molecule has 18 heavy (non-hydrogen) atoms. The zero-order chi connectivity index (χ0) is 12.3. The zero-order valence-electron chi connectivity index (χ0n) is 10.2. The summed E-state index contributed by atoms with van der Waals surface area (Å²) >= 11 is 5.02. The molecule has 0 aliphatic carbocycles. The van der Waals surface area contributed by atoms with Gasteiger partial charge in [0.25, 0.3) is 4.32 Å². The summed E-state index contributed by atoms with van der Waals surface area (Å²) in [7, 11) is -0.149. The molecule has 0 spiro atoms. The second-order valence-electron chi connectivity index (χ2n) is 3.31. The minimum absolute atomic E-state index is 0. The van der Waals surface area contributed by atoms with E-state index in [-0.39, 0.29) is 45.9 Å². The largest absolute Gasteiger partial charge is 1.00 e. The van der Waals surface area contributed by atoms with E-state index in [0.717, 1.165) is 12.1 Å². The molecule has 1 aromatic carbocycles. The van der Waals surface area contributed by atoms with Crippen LogP contribution in [-0.2, 0) is 17.1 Å². The van der Waals surface area contributed by atoms with Crippen LogP contribution in [0.15, 0.2) is 24.3 Å². The van der Waals surface area contributed by atoms with Crippen LogP contribution in [-0.4, -0.2) is 22.3 Å². The van der Waals surface area contributed by atoms with E-state index in [1.165, 1.54) is 6.07 Å². The van der Waals surface area contributed by atoms with Crippen molar-refractivity contribution >= 4 is 33.1 Å². The van der Waals surface area contributed by atoms with E-state index in [1.807, 2.05) is 12.5 Å². The molecule has 0 bridgehead atoms. The monoisotopic (exact) mass is 306 g/mol. The number of hydrogen-bond donors (Lipinski definition) is 1. The summed E-state index contributed by atoms with van der Waals surface area (Å²) in [6.45, 7) is 0. The van der Waals surface area contributed by atoms with Gasteiger partial charge in [-0.3, -0.25) is 0 Å². The number of benzene rings is 1. The van der Waals surface area contributed by atoms with Gasteiger partial charge in [-0.2, -0.15) is 13.2 Å². The summed E-state index contributed by atoms with van der Waals surface area (Å²) < 4.78 is 37.8. The van der Waals surface area contributed by atoms with Crippen molar-refractivity contribution in [2.45, 2.75) is 6.18 Å². The molecule has 1 rings (SSSR count). The van der Waals surface area contributed by atoms with E-state index < -0.39 is 11.7 Å². The third-order valence-corrected chi connectivity index (χ3v) is 3.75. The van der Waals surface area contributed by atoms with Crippen LogP contribution in [0.1, 0.15) is 5.56 Å². The van der Waals surface area contributed by atoms with Gasteiger partial charge in [0, 0.05) is 16.6 Å². The number of halogens is 3. The molecule has 0 aromatic heterocycles. The molecule has 0 saturated heterocycles. The second-order valence-corrected chi connectivity index (χ2v) is 6.02. The van der Waals surface area contributed by atoms with Gasteiger partial charge in [0.15, 0.2) is 0 Å². The van der Waals surface area contributed by atoms with Crippen LogP contribution in [0.4, 0.5) is 18.9 Å². The van der Waals surface area contributed by atoms with Crippen LogP contribution in [0.3, 0.4) is 0 Å². The van der Waals surface area contributed by atoms with Crippen LogP contribution in [0, 0.1) is 0 Å². The predicted octanol–water partition coefficient (Wildman–Crippen LogP) is 0.107. The first-order chi connectivity index (χ1) is 7.30. The molecule has 1 aromatic rings. The Labute approximate surface area is 134 Å². The quantitative estimate of drug-likeness (QED) is 0.455. The van der Waals surface area contributed by atoms with Crippen molar-refractivity contribution in [1.82, 2.24) is 0 Å². The van der Waals surface area contributed by atoms with Gasteiger partial charge in [-0.1, -0.05) is 6.07 Å². The number of nitrogens with one attached hydrogen (secondary N) is 1. The van der Waals surface area contributed by atoms with Gasteiger partial charge in [-0.15, -0.1) is 0 Å². The summed E-state index contributed by atoms with van der Waals surface area (Å²) in [4.78, 5) is 0. The van der Waals surface area contributed by atoms with Gasteiger partial charge < -0.3 is 10.8 Å². The van der Waals surface area contributed by atoms with Gasteiger partial charge >= 0.3 is 35.7 Å². The van der Waals surface area contributed by atoms with Crippen molar-refractivity contribution in [1.29, 1.82) is 0 Å². The molecule has 2 nitrogen and oxygen atoms in total. The Kier molecular flexibility index (Phi) is 9.57. The van der Waals surface area contributed by atoms with E-state index in [0.29, 0.717) is 10.0 Å². The van der Waals surface area contributed by atoms with Crippen LogP contribution < -0.4 is 34.9 Å². The molecule has 0 saturated carbocycles. The minimum Gasteiger partial charge on any atom is -0.870 e. The van der Waals surface area contributed by atoms with Crippen LogP contribution in [0.2, 0.25) is 0 Å². The Morgan fingerprint density at radius 3 is 2.28 bits per heavy atom. The van der Waals surface area contributed by atoms with Gasteiger partial charge in [-0.05, 0) is 30.4 Å². The average Bonchev–Trinajstić information content (AvgIpc) is 2.16. The Hall–Kier alpha value is 0.210. The van der Waals surface area contributed by atoms with E-state index in [4.69, 9.17) is 12.2 Å². The molecule has 2 N–H and O–H groups in total. The standard InChI is InChI=1S/C10H10F3NS2.Na.H2O/c1-16(2)9(15)14-8-5-3-4-7(6-8)10(11,12)13;;/h3-6H,1-2H3;;1H2/q;+1;. The second kappa shape index (κ2) is 8.39. The van der Waals surface area contributed by atoms with Crippen molar-refractivity contribution < 1.29 is 48.2 Å². The molecule has 0 radical (unpaired) electrons. The van der Waals surface area contributed by atoms with Gasteiger partial charge in [0.2, 0.25) is 0 Å². The summed E-state index contributed by atoms with van der Waals surface area (Å²) in [5, 5.41) is 2.80. The first-order valence-electron chi connectivity index (χ1n) is 4.36. The smallest absolute Gasteiger partial charge is 0.870 e. The molecule has 96 valence electrons. The van der Waals surface area contributed by atoms with Crippen molar-refractivity contribution in [2.24, 2.45) is 0 Å². The normalized spacial score (nSPS) is 10.3. The maximum absolute atomic E-state index is 12.4. The third kappa shape index (κ3) is 6.40. The summed E-state index contributed by atoms with van der Waals surface area (Å²) in [6, 6.07) is 5.01. The molecule has 0 unspecified atom stereocenters. The number of alkyl halides is 3. The first-order valence-corrected chi connectivity index (χ1v) is 6.81. The third-order valence-electron chi connectivity index (χ3n) is 1.81. The van der Waals surface area contributed by atoms with Gasteiger partial charge in [-0.25, -0.2) is 0 Å². The van der Waals surface area contributed by atoms with Crippen molar-refractivity contribution in [2.75, 3.05) is 17.8 Å². The van der Waals surface area contributed by atoms with E-state index >= 15 is 0 Å². The van der Waals surface area contributed by atoms with Crippen LogP contribution >= 0.6 is 12.2 Å². The SMILES string of the molecule is C[S+](C)C(=S)Nc1cccc(C(F)(F)F)c1.[Na+].[OH-].